The van der Waals surface area contributed by atoms with E-state index in [-0.39, 0.29) is 0 Å². The Kier molecular flexibility index (Phi) is 3.06. The molecule has 0 fully saturated rings. The van der Waals surface area contributed by atoms with E-state index >= 15 is 0 Å². The number of alkyl halides is 3. The first kappa shape index (κ1) is 14.4. The Balaban J connectivity index is 2.69. The van der Waals surface area contributed by atoms with E-state index in [2.05, 4.69) is 0 Å². The number of fused-ring (bicyclic) bond motifs is 3. The lowest BCUT2D eigenvalue weighted by Crippen LogP contribution is -1.96. The maximum Gasteiger partial charge on any atom is 0.601 e. The van der Waals surface area contributed by atoms with Gasteiger partial charge in [-0.05, 0) is 51.0 Å². The van der Waals surface area contributed by atoms with Gasteiger partial charge >= 0.3 is 5.51 Å². The molecule has 0 aliphatic heterocycles. The Bertz CT molecular complexity index is 804. The Morgan fingerprint density at radius 1 is 0.714 bits per heavy atom. The van der Waals surface area contributed by atoms with Crippen LogP contribution in [-0.4, -0.2) is 0 Å². The molecule has 0 aliphatic carbocycles. The largest absolute Gasteiger partial charge is 0.601 e. The lowest BCUT2D eigenvalue weighted by atomic mass is 10.0. The summed E-state index contributed by atoms with van der Waals surface area (Å²) < 4.78 is 42.0. The van der Waals surface area contributed by atoms with Gasteiger partial charge < -0.3 is 0 Å². The monoisotopic (exact) mass is 309 g/mol. The summed E-state index contributed by atoms with van der Waals surface area (Å²) in [4.78, 5) is 0. The van der Waals surface area contributed by atoms with E-state index in [0.29, 0.717) is 9.40 Å². The highest BCUT2D eigenvalue weighted by Gasteiger charge is 2.48. The van der Waals surface area contributed by atoms with Crippen LogP contribution in [0.2, 0.25) is 0 Å². The summed E-state index contributed by atoms with van der Waals surface area (Å²) >= 11 is 0. The molecule has 0 nitrogen and oxygen atoms in total. The zero-order valence-corrected chi connectivity index (χ0v) is 13.2. The van der Waals surface area contributed by atoms with E-state index in [1.54, 1.807) is 13.8 Å². The molecule has 0 N–H and O–H groups in total. The van der Waals surface area contributed by atoms with E-state index in [9.17, 15) is 13.2 Å². The molecule has 110 valence electrons. The minimum Gasteiger partial charge on any atom is -0.118 e. The second-order valence-corrected chi connectivity index (χ2v) is 7.56. The summed E-state index contributed by atoms with van der Waals surface area (Å²) in [6.45, 7) is 7.43. The van der Waals surface area contributed by atoms with Crippen LogP contribution in [0.4, 0.5) is 13.2 Å². The second-order valence-electron chi connectivity index (χ2n) is 5.67. The number of rotatable bonds is 0. The molecule has 0 radical (unpaired) electrons. The molecule has 1 aromatic heterocycles. The summed E-state index contributed by atoms with van der Waals surface area (Å²) in [6, 6.07) is 7.47. The van der Waals surface area contributed by atoms with Crippen LogP contribution in [0.15, 0.2) is 24.3 Å². The van der Waals surface area contributed by atoms with Crippen molar-refractivity contribution < 1.29 is 13.2 Å². The molecule has 4 heteroatoms. The number of hydrogen-bond acceptors (Lipinski definition) is 0. The Morgan fingerprint density at radius 2 is 1.10 bits per heavy atom. The quantitative estimate of drug-likeness (QED) is 0.418. The van der Waals surface area contributed by atoms with Gasteiger partial charge in [0.25, 0.3) is 0 Å². The van der Waals surface area contributed by atoms with E-state index in [4.69, 9.17) is 0 Å². The van der Waals surface area contributed by atoms with Gasteiger partial charge in [0, 0.05) is 21.9 Å². The third-order valence-corrected chi connectivity index (χ3v) is 6.13. The Morgan fingerprint density at radius 3 is 1.43 bits per heavy atom. The molecule has 0 unspecified atom stereocenters. The third kappa shape index (κ3) is 2.13. The van der Waals surface area contributed by atoms with Crippen LogP contribution >= 0.6 is 10.5 Å². The fourth-order valence-corrected chi connectivity index (χ4v) is 5.39. The fourth-order valence-electron chi connectivity index (χ4n) is 3.18. The van der Waals surface area contributed by atoms with Crippen LogP contribution in [0.25, 0.3) is 20.2 Å². The number of aryl methyl sites for hydroxylation is 4. The van der Waals surface area contributed by atoms with E-state index in [1.807, 2.05) is 38.1 Å². The molecule has 0 saturated carbocycles. The Labute approximate surface area is 124 Å². The zero-order chi connectivity index (χ0) is 15.5. The van der Waals surface area contributed by atoms with E-state index in [1.165, 1.54) is 0 Å². The average molecular weight is 309 g/mol. The van der Waals surface area contributed by atoms with Gasteiger partial charge in [-0.25, -0.2) is 0 Å². The molecule has 0 saturated heterocycles. The first-order chi connectivity index (χ1) is 9.70. The fraction of sp³-hybridized carbons (Fsp3) is 0.294. The van der Waals surface area contributed by atoms with Crippen molar-refractivity contribution in [3.05, 3.63) is 46.5 Å². The highest BCUT2D eigenvalue weighted by Crippen LogP contribution is 2.56. The molecule has 2 aromatic carbocycles. The molecule has 0 atom stereocenters. The van der Waals surface area contributed by atoms with Gasteiger partial charge in [0.15, 0.2) is 9.40 Å². The maximum absolute atomic E-state index is 13.7. The van der Waals surface area contributed by atoms with Crippen molar-refractivity contribution >= 4 is 30.6 Å². The minimum atomic E-state index is -4.24. The minimum absolute atomic E-state index is 0.455. The normalized spacial score (nSPS) is 12.5. The standard InChI is InChI=1S/C17H16F3S/c1-9-5-11(3)15-13(7-9)14-8-10(2)6-12(4)16(14)21(15)17(18,19)20/h5-8H,1-4H3/q+1. The van der Waals surface area contributed by atoms with Gasteiger partial charge in [0.05, 0.1) is 0 Å². The van der Waals surface area contributed by atoms with E-state index < -0.39 is 16.0 Å². The molecule has 21 heavy (non-hydrogen) atoms. The number of thiophene rings is 1. The van der Waals surface area contributed by atoms with Crippen molar-refractivity contribution in [2.45, 2.75) is 33.2 Å². The molecule has 0 amide bonds. The van der Waals surface area contributed by atoms with Crippen LogP contribution in [0.1, 0.15) is 22.3 Å². The predicted molar refractivity (Wildman–Crippen MR) is 84.2 cm³/mol. The molecule has 0 bridgehead atoms. The first-order valence-electron chi connectivity index (χ1n) is 6.74. The summed E-state index contributed by atoms with van der Waals surface area (Å²) in [7, 11) is -1.83. The molecule has 0 spiro atoms. The van der Waals surface area contributed by atoms with Gasteiger partial charge in [0.1, 0.15) is 10.5 Å². The van der Waals surface area contributed by atoms with E-state index in [0.717, 1.165) is 33.0 Å². The zero-order valence-electron chi connectivity index (χ0n) is 12.4. The van der Waals surface area contributed by atoms with Crippen LogP contribution in [-0.2, 0) is 5.51 Å². The molecular formula is C17H16F3S+. The molecule has 0 aliphatic rings. The molecule has 3 aromatic rings. The van der Waals surface area contributed by atoms with Gasteiger partial charge in [-0.1, -0.05) is 12.1 Å². The summed E-state index contributed by atoms with van der Waals surface area (Å²) in [5, 5.41) is 1.52. The maximum atomic E-state index is 13.7. The van der Waals surface area contributed by atoms with Crippen molar-refractivity contribution in [2.24, 2.45) is 0 Å². The van der Waals surface area contributed by atoms with Crippen molar-refractivity contribution in [1.29, 1.82) is 0 Å². The molecule has 3 rings (SSSR count). The van der Waals surface area contributed by atoms with Gasteiger partial charge in [-0.15, -0.1) is 13.2 Å². The van der Waals surface area contributed by atoms with Gasteiger partial charge in [0.2, 0.25) is 0 Å². The number of halogens is 3. The lowest BCUT2D eigenvalue weighted by molar-refractivity contribution is -0.0862. The number of hydrogen-bond donors (Lipinski definition) is 0. The van der Waals surface area contributed by atoms with Gasteiger partial charge in [-0.3, -0.25) is 0 Å². The highest BCUT2D eigenvalue weighted by molar-refractivity contribution is 7.44. The van der Waals surface area contributed by atoms with Crippen molar-refractivity contribution in [3.63, 3.8) is 0 Å². The summed E-state index contributed by atoms with van der Waals surface area (Å²) in [5.41, 5.74) is -0.758. The van der Waals surface area contributed by atoms with Gasteiger partial charge in [-0.2, -0.15) is 0 Å². The smallest absolute Gasteiger partial charge is 0.118 e. The Hall–Kier alpha value is -1.55. The lowest BCUT2D eigenvalue weighted by Gasteiger charge is -2.01. The predicted octanol–water partition coefficient (Wildman–Crippen LogP) is 6.45. The summed E-state index contributed by atoms with van der Waals surface area (Å²) in [6.07, 6.45) is 0. The third-order valence-electron chi connectivity index (χ3n) is 3.77. The SMILES string of the molecule is Cc1cc(C)c2c(c1)c1cc(C)cc(C)c1[s+]2C(F)(F)F. The highest BCUT2D eigenvalue weighted by atomic mass is 32.2. The van der Waals surface area contributed by atoms with Crippen molar-refractivity contribution in [1.82, 2.24) is 0 Å². The average Bonchev–Trinajstić information content (AvgIpc) is 2.64. The van der Waals surface area contributed by atoms with Crippen LogP contribution < -0.4 is 0 Å². The number of benzene rings is 2. The first-order valence-corrected chi connectivity index (χ1v) is 7.96. The van der Waals surface area contributed by atoms with Crippen LogP contribution in [0, 0.1) is 27.7 Å². The van der Waals surface area contributed by atoms with Crippen molar-refractivity contribution in [3.8, 4) is 0 Å². The summed E-state index contributed by atoms with van der Waals surface area (Å²) in [5.74, 6) is 0. The molecule has 1 heterocycles. The molecular weight excluding hydrogens is 293 g/mol. The van der Waals surface area contributed by atoms with Crippen LogP contribution in [0.5, 0.6) is 0 Å². The topological polar surface area (TPSA) is 0 Å². The second kappa shape index (κ2) is 4.47. The van der Waals surface area contributed by atoms with Crippen molar-refractivity contribution in [2.75, 3.05) is 0 Å². The van der Waals surface area contributed by atoms with Crippen LogP contribution in [0.3, 0.4) is 0 Å².